The summed E-state index contributed by atoms with van der Waals surface area (Å²) in [6.45, 7) is 5.49. The van der Waals surface area contributed by atoms with Crippen LogP contribution in [0.5, 0.6) is 0 Å². The molecule has 0 radical (unpaired) electrons. The third kappa shape index (κ3) is 3.74. The lowest BCUT2D eigenvalue weighted by atomic mass is 10.1. The highest BCUT2D eigenvalue weighted by molar-refractivity contribution is 5.94. The number of hydrogen-bond acceptors (Lipinski definition) is 3. The molecule has 1 aliphatic rings. The van der Waals surface area contributed by atoms with Crippen LogP contribution < -0.4 is 0 Å². The van der Waals surface area contributed by atoms with E-state index in [4.69, 9.17) is 0 Å². The van der Waals surface area contributed by atoms with Crippen molar-refractivity contribution in [2.45, 2.75) is 13.5 Å². The first-order chi connectivity index (χ1) is 11.1. The number of nitrogens with zero attached hydrogens (tertiary/aromatic N) is 3. The highest BCUT2D eigenvalue weighted by Crippen LogP contribution is 2.14. The molecule has 0 aliphatic carbocycles. The van der Waals surface area contributed by atoms with Gasteiger partial charge in [0.15, 0.2) is 0 Å². The van der Waals surface area contributed by atoms with Gasteiger partial charge in [-0.05, 0) is 36.2 Å². The molecule has 0 spiro atoms. The van der Waals surface area contributed by atoms with Gasteiger partial charge in [-0.3, -0.25) is 14.7 Å². The molecule has 120 valence electrons. The molecule has 1 amide bonds. The summed E-state index contributed by atoms with van der Waals surface area (Å²) in [7, 11) is 0. The highest BCUT2D eigenvalue weighted by Gasteiger charge is 2.22. The molecular formula is C18H20FN3O. The van der Waals surface area contributed by atoms with Crippen LogP contribution in [0.3, 0.4) is 0 Å². The van der Waals surface area contributed by atoms with Gasteiger partial charge in [-0.15, -0.1) is 0 Å². The van der Waals surface area contributed by atoms with E-state index in [-0.39, 0.29) is 11.7 Å². The molecule has 1 saturated heterocycles. The lowest BCUT2D eigenvalue weighted by molar-refractivity contribution is 0.0628. The van der Waals surface area contributed by atoms with Crippen LogP contribution in [0, 0.1) is 12.7 Å². The van der Waals surface area contributed by atoms with E-state index in [9.17, 15) is 9.18 Å². The van der Waals surface area contributed by atoms with Gasteiger partial charge in [0.2, 0.25) is 0 Å². The summed E-state index contributed by atoms with van der Waals surface area (Å²) >= 11 is 0. The minimum absolute atomic E-state index is 0.0927. The number of aryl methyl sites for hydroxylation is 1. The van der Waals surface area contributed by atoms with Crippen LogP contribution in [-0.4, -0.2) is 46.9 Å². The van der Waals surface area contributed by atoms with Crippen molar-refractivity contribution in [3.05, 3.63) is 65.2 Å². The predicted octanol–water partition coefficient (Wildman–Crippen LogP) is 2.49. The molecule has 4 nitrogen and oxygen atoms in total. The molecule has 2 heterocycles. The zero-order chi connectivity index (χ0) is 16.2. The molecule has 5 heteroatoms. The summed E-state index contributed by atoms with van der Waals surface area (Å²) in [6.07, 6.45) is 3.63. The summed E-state index contributed by atoms with van der Waals surface area (Å²) < 4.78 is 13.6. The van der Waals surface area contributed by atoms with E-state index in [0.29, 0.717) is 24.2 Å². The van der Waals surface area contributed by atoms with E-state index in [2.05, 4.69) is 16.0 Å². The van der Waals surface area contributed by atoms with Gasteiger partial charge < -0.3 is 4.90 Å². The van der Waals surface area contributed by atoms with Crippen LogP contribution in [0.15, 0.2) is 42.7 Å². The molecule has 3 rings (SSSR count). The Hall–Kier alpha value is -2.27. The van der Waals surface area contributed by atoms with Crippen molar-refractivity contribution in [1.82, 2.24) is 14.8 Å². The molecule has 1 aliphatic heterocycles. The second kappa shape index (κ2) is 6.87. The maximum Gasteiger partial charge on any atom is 0.254 e. The molecule has 0 atom stereocenters. The molecule has 0 bridgehead atoms. The molecule has 0 unspecified atom stereocenters. The van der Waals surface area contributed by atoms with Crippen LogP contribution in [0.4, 0.5) is 4.39 Å². The fourth-order valence-corrected chi connectivity index (χ4v) is 2.77. The number of rotatable bonds is 3. The molecular weight excluding hydrogens is 293 g/mol. The fraction of sp³-hybridized carbons (Fsp3) is 0.333. The number of aromatic nitrogens is 1. The zero-order valence-electron chi connectivity index (χ0n) is 13.2. The van der Waals surface area contributed by atoms with Gasteiger partial charge in [-0.25, -0.2) is 4.39 Å². The number of carbonyl (C=O) groups excluding carboxylic acids is 1. The number of carbonyl (C=O) groups is 1. The fourth-order valence-electron chi connectivity index (χ4n) is 2.77. The molecule has 23 heavy (non-hydrogen) atoms. The first kappa shape index (κ1) is 15.6. The van der Waals surface area contributed by atoms with E-state index in [1.807, 2.05) is 12.3 Å². The summed E-state index contributed by atoms with van der Waals surface area (Å²) in [5, 5.41) is 0. The monoisotopic (exact) mass is 313 g/mol. The van der Waals surface area contributed by atoms with Gasteiger partial charge in [0, 0.05) is 50.7 Å². The smallest absolute Gasteiger partial charge is 0.254 e. The quantitative estimate of drug-likeness (QED) is 0.873. The largest absolute Gasteiger partial charge is 0.336 e. The van der Waals surface area contributed by atoms with Crippen LogP contribution in [0.1, 0.15) is 21.5 Å². The average Bonchev–Trinajstić information content (AvgIpc) is 2.58. The number of amides is 1. The normalized spacial score (nSPS) is 15.7. The number of halogens is 1. The van der Waals surface area contributed by atoms with Crippen LogP contribution in [0.2, 0.25) is 0 Å². The number of pyridine rings is 1. The lowest BCUT2D eigenvalue weighted by Crippen LogP contribution is -2.48. The Bertz CT molecular complexity index is 682. The number of hydrogen-bond donors (Lipinski definition) is 0. The average molecular weight is 313 g/mol. The number of benzene rings is 1. The van der Waals surface area contributed by atoms with Gasteiger partial charge in [0.25, 0.3) is 5.91 Å². The third-order valence-electron chi connectivity index (χ3n) is 4.21. The van der Waals surface area contributed by atoms with Gasteiger partial charge in [0.05, 0.1) is 0 Å². The summed E-state index contributed by atoms with van der Waals surface area (Å²) in [5.41, 5.74) is 2.16. The zero-order valence-corrected chi connectivity index (χ0v) is 13.2. The lowest BCUT2D eigenvalue weighted by Gasteiger charge is -2.34. The Kier molecular flexibility index (Phi) is 4.67. The van der Waals surface area contributed by atoms with Crippen molar-refractivity contribution in [2.75, 3.05) is 26.2 Å². The third-order valence-corrected chi connectivity index (χ3v) is 4.21. The van der Waals surface area contributed by atoms with Crippen LogP contribution >= 0.6 is 0 Å². The van der Waals surface area contributed by atoms with E-state index in [0.717, 1.165) is 19.6 Å². The first-order valence-electron chi connectivity index (χ1n) is 7.80. The number of piperazine rings is 1. The molecule has 1 aromatic heterocycles. The Labute approximate surface area is 135 Å². The minimum Gasteiger partial charge on any atom is -0.336 e. The maximum atomic E-state index is 13.6. The van der Waals surface area contributed by atoms with Gasteiger partial charge in [0.1, 0.15) is 5.82 Å². The second-order valence-electron chi connectivity index (χ2n) is 5.89. The Morgan fingerprint density at radius 1 is 1.22 bits per heavy atom. The Morgan fingerprint density at radius 2 is 2.00 bits per heavy atom. The molecule has 1 aromatic carbocycles. The van der Waals surface area contributed by atoms with E-state index in [1.54, 1.807) is 30.2 Å². The summed E-state index contributed by atoms with van der Waals surface area (Å²) in [6, 6.07) is 8.67. The van der Waals surface area contributed by atoms with E-state index < -0.39 is 0 Å². The molecule has 2 aromatic rings. The van der Waals surface area contributed by atoms with Crippen LogP contribution in [-0.2, 0) is 6.54 Å². The van der Waals surface area contributed by atoms with Crippen molar-refractivity contribution >= 4 is 5.91 Å². The Balaban J connectivity index is 1.58. The maximum absolute atomic E-state index is 13.6. The van der Waals surface area contributed by atoms with Crippen molar-refractivity contribution in [1.29, 1.82) is 0 Å². The van der Waals surface area contributed by atoms with E-state index >= 15 is 0 Å². The topological polar surface area (TPSA) is 36.4 Å². The Morgan fingerprint density at radius 3 is 2.65 bits per heavy atom. The van der Waals surface area contributed by atoms with Crippen molar-refractivity contribution in [3.63, 3.8) is 0 Å². The van der Waals surface area contributed by atoms with Crippen LogP contribution in [0.25, 0.3) is 0 Å². The van der Waals surface area contributed by atoms with Crippen molar-refractivity contribution in [2.24, 2.45) is 0 Å². The molecule has 0 saturated carbocycles. The predicted molar refractivity (Wildman–Crippen MR) is 86.6 cm³/mol. The standard InChI is InChI=1S/C18H20FN3O/c1-14-4-5-16(11-17(14)19)18(23)22-9-7-21(8-10-22)13-15-3-2-6-20-12-15/h2-6,11-12H,7-10,13H2,1H3. The molecule has 0 N–H and O–H groups in total. The highest BCUT2D eigenvalue weighted by atomic mass is 19.1. The van der Waals surface area contributed by atoms with E-state index in [1.165, 1.54) is 11.6 Å². The SMILES string of the molecule is Cc1ccc(C(=O)N2CCN(Cc3cccnc3)CC2)cc1F. The second-order valence-corrected chi connectivity index (χ2v) is 5.89. The van der Waals surface area contributed by atoms with Crippen molar-refractivity contribution < 1.29 is 9.18 Å². The van der Waals surface area contributed by atoms with Gasteiger partial charge in [-0.1, -0.05) is 12.1 Å². The summed E-state index contributed by atoms with van der Waals surface area (Å²) in [4.78, 5) is 20.7. The molecule has 1 fully saturated rings. The van der Waals surface area contributed by atoms with Gasteiger partial charge in [-0.2, -0.15) is 0 Å². The summed E-state index contributed by atoms with van der Waals surface area (Å²) in [5.74, 6) is -0.420. The van der Waals surface area contributed by atoms with Gasteiger partial charge >= 0.3 is 0 Å². The van der Waals surface area contributed by atoms with Crippen molar-refractivity contribution in [3.8, 4) is 0 Å². The minimum atomic E-state index is -0.328. The first-order valence-corrected chi connectivity index (χ1v) is 7.80.